The van der Waals surface area contributed by atoms with Crippen molar-refractivity contribution in [1.29, 1.82) is 0 Å². The molecule has 0 aliphatic heterocycles. The van der Waals surface area contributed by atoms with Crippen molar-refractivity contribution in [3.63, 3.8) is 0 Å². The maximum absolute atomic E-state index is 12.5. The van der Waals surface area contributed by atoms with Crippen molar-refractivity contribution in [2.75, 3.05) is 7.11 Å². The second-order valence-corrected chi connectivity index (χ2v) is 7.52. The van der Waals surface area contributed by atoms with E-state index in [1.807, 2.05) is 0 Å². The second-order valence-electron chi connectivity index (χ2n) is 5.43. The number of carbonyl (C=O) groups excluding carboxylic acids is 1. The Morgan fingerprint density at radius 2 is 2.12 bits per heavy atom. The Kier molecular flexibility index (Phi) is 6.23. The molecule has 2 aromatic rings. The summed E-state index contributed by atoms with van der Waals surface area (Å²) in [6.45, 7) is 1.61. The van der Waals surface area contributed by atoms with Gasteiger partial charge < -0.3 is 14.3 Å². The van der Waals surface area contributed by atoms with E-state index in [0.717, 1.165) is 0 Å². The van der Waals surface area contributed by atoms with Crippen LogP contribution in [0.4, 0.5) is 0 Å². The number of aliphatic hydroxyl groups excluding tert-OH is 1. The quantitative estimate of drug-likeness (QED) is 0.707. The minimum Gasteiger partial charge on any atom is -0.467 e. The summed E-state index contributed by atoms with van der Waals surface area (Å²) in [6.07, 6.45) is 0.602. The lowest BCUT2D eigenvalue weighted by atomic mass is 10.1. The van der Waals surface area contributed by atoms with E-state index >= 15 is 0 Å². The van der Waals surface area contributed by atoms with Crippen LogP contribution in [-0.2, 0) is 14.8 Å². The van der Waals surface area contributed by atoms with Gasteiger partial charge in [0.15, 0.2) is 0 Å². The third-order valence-electron chi connectivity index (χ3n) is 3.45. The van der Waals surface area contributed by atoms with Crippen LogP contribution in [-0.4, -0.2) is 32.6 Å². The summed E-state index contributed by atoms with van der Waals surface area (Å²) in [7, 11) is -2.71. The molecule has 25 heavy (non-hydrogen) atoms. The normalized spacial score (nSPS) is 14.1. The van der Waals surface area contributed by atoms with E-state index in [2.05, 4.69) is 9.46 Å². The highest BCUT2D eigenvalue weighted by molar-refractivity contribution is 7.89. The summed E-state index contributed by atoms with van der Waals surface area (Å²) in [5, 5.41) is 9.92. The van der Waals surface area contributed by atoms with Crippen LogP contribution in [0.15, 0.2) is 45.9 Å². The smallest absolute Gasteiger partial charge is 0.337 e. The first-order chi connectivity index (χ1) is 11.7. The van der Waals surface area contributed by atoms with Crippen LogP contribution < -0.4 is 4.72 Å². The first-order valence-corrected chi connectivity index (χ1v) is 9.22. The number of furan rings is 1. The van der Waals surface area contributed by atoms with Crippen molar-refractivity contribution >= 4 is 27.6 Å². The predicted molar refractivity (Wildman–Crippen MR) is 90.9 cm³/mol. The summed E-state index contributed by atoms with van der Waals surface area (Å²) in [6, 6.07) is 6.43. The number of hydrogen-bond donors (Lipinski definition) is 2. The van der Waals surface area contributed by atoms with E-state index in [1.165, 1.54) is 31.6 Å². The molecule has 2 N–H and O–H groups in total. The number of nitrogens with one attached hydrogen (secondary N) is 1. The van der Waals surface area contributed by atoms with Gasteiger partial charge in [-0.25, -0.2) is 17.9 Å². The third kappa shape index (κ3) is 4.82. The van der Waals surface area contributed by atoms with E-state index in [9.17, 15) is 18.3 Å². The van der Waals surface area contributed by atoms with Gasteiger partial charge >= 0.3 is 5.97 Å². The van der Waals surface area contributed by atoms with Gasteiger partial charge in [0.2, 0.25) is 10.0 Å². The Labute approximate surface area is 150 Å². The summed E-state index contributed by atoms with van der Waals surface area (Å²) >= 11 is 5.99. The zero-order valence-electron chi connectivity index (χ0n) is 13.6. The SMILES string of the molecule is COC(=O)c1ccc(S(=O)(=O)N[C@@H](C)C[C@@H](O)c2ccco2)c(Cl)c1. The summed E-state index contributed by atoms with van der Waals surface area (Å²) < 4.78 is 37.0. The number of aliphatic hydroxyl groups is 1. The first-order valence-electron chi connectivity index (χ1n) is 7.36. The fraction of sp³-hybridized carbons (Fsp3) is 0.312. The van der Waals surface area contributed by atoms with Crippen molar-refractivity contribution in [2.45, 2.75) is 30.4 Å². The fourth-order valence-electron chi connectivity index (χ4n) is 2.27. The number of esters is 1. The number of halogens is 1. The Balaban J connectivity index is 2.11. The minimum atomic E-state index is -3.93. The molecule has 1 aromatic heterocycles. The van der Waals surface area contributed by atoms with Crippen LogP contribution in [0, 0.1) is 0 Å². The van der Waals surface area contributed by atoms with Gasteiger partial charge in [-0.2, -0.15) is 0 Å². The van der Waals surface area contributed by atoms with Gasteiger partial charge in [-0.3, -0.25) is 0 Å². The number of methoxy groups -OCH3 is 1. The molecular formula is C16H18ClNO6S. The van der Waals surface area contributed by atoms with Gasteiger partial charge in [0.1, 0.15) is 16.8 Å². The molecule has 9 heteroatoms. The van der Waals surface area contributed by atoms with E-state index in [0.29, 0.717) is 5.76 Å². The highest BCUT2D eigenvalue weighted by Gasteiger charge is 2.24. The Morgan fingerprint density at radius 3 is 2.68 bits per heavy atom. The van der Waals surface area contributed by atoms with E-state index < -0.39 is 28.1 Å². The number of ether oxygens (including phenoxy) is 1. The average molecular weight is 388 g/mol. The zero-order chi connectivity index (χ0) is 18.6. The van der Waals surface area contributed by atoms with E-state index in [1.54, 1.807) is 19.1 Å². The van der Waals surface area contributed by atoms with Crippen molar-refractivity contribution in [3.05, 3.63) is 52.9 Å². The highest BCUT2D eigenvalue weighted by atomic mass is 35.5. The maximum Gasteiger partial charge on any atom is 0.337 e. The number of rotatable bonds is 7. The molecule has 0 unspecified atom stereocenters. The van der Waals surface area contributed by atoms with Crippen LogP contribution in [0.3, 0.4) is 0 Å². The van der Waals surface area contributed by atoms with Gasteiger partial charge in [-0.05, 0) is 43.7 Å². The minimum absolute atomic E-state index is 0.103. The molecule has 0 bridgehead atoms. The Morgan fingerprint density at radius 1 is 1.40 bits per heavy atom. The van der Waals surface area contributed by atoms with Crippen molar-refractivity contribution in [1.82, 2.24) is 4.72 Å². The molecule has 0 radical (unpaired) electrons. The van der Waals surface area contributed by atoms with Gasteiger partial charge in [-0.1, -0.05) is 11.6 Å². The van der Waals surface area contributed by atoms with Crippen LogP contribution in [0.25, 0.3) is 0 Å². The third-order valence-corrected chi connectivity index (χ3v) is 5.52. The molecule has 0 amide bonds. The Hall–Kier alpha value is -1.87. The van der Waals surface area contributed by atoms with Crippen LogP contribution in [0.5, 0.6) is 0 Å². The zero-order valence-corrected chi connectivity index (χ0v) is 15.2. The van der Waals surface area contributed by atoms with Gasteiger partial charge in [0.05, 0.1) is 24.0 Å². The van der Waals surface area contributed by atoms with Gasteiger partial charge in [0, 0.05) is 6.04 Å². The maximum atomic E-state index is 12.5. The number of benzene rings is 1. The molecule has 0 saturated carbocycles. The van der Waals surface area contributed by atoms with Crippen molar-refractivity contribution in [2.24, 2.45) is 0 Å². The number of sulfonamides is 1. The molecule has 0 saturated heterocycles. The molecular weight excluding hydrogens is 370 g/mol. The van der Waals surface area contributed by atoms with Crippen LogP contribution >= 0.6 is 11.6 Å². The molecule has 2 rings (SSSR count). The van der Waals surface area contributed by atoms with Crippen LogP contribution in [0.1, 0.15) is 35.6 Å². The predicted octanol–water partition coefficient (Wildman–Crippen LogP) is 2.51. The lowest BCUT2D eigenvalue weighted by Gasteiger charge is -2.17. The molecule has 0 fully saturated rings. The molecule has 0 aliphatic rings. The van der Waals surface area contributed by atoms with Gasteiger partial charge in [0.25, 0.3) is 0 Å². The largest absolute Gasteiger partial charge is 0.467 e. The topological polar surface area (TPSA) is 106 Å². The van der Waals surface area contributed by atoms with E-state index in [-0.39, 0.29) is 21.9 Å². The van der Waals surface area contributed by atoms with Crippen molar-refractivity contribution in [3.8, 4) is 0 Å². The fourth-order valence-corrected chi connectivity index (χ4v) is 4.07. The lowest BCUT2D eigenvalue weighted by molar-refractivity contribution is 0.0600. The summed E-state index contributed by atoms with van der Waals surface area (Å²) in [5.74, 6) is -0.264. The first kappa shape index (κ1) is 19.5. The Bertz CT molecular complexity index is 834. The van der Waals surface area contributed by atoms with E-state index in [4.69, 9.17) is 16.0 Å². The van der Waals surface area contributed by atoms with Crippen molar-refractivity contribution < 1.29 is 27.5 Å². The average Bonchev–Trinajstić information content (AvgIpc) is 3.07. The lowest BCUT2D eigenvalue weighted by Crippen LogP contribution is -2.34. The summed E-state index contributed by atoms with van der Waals surface area (Å²) in [4.78, 5) is 11.3. The molecule has 7 nitrogen and oxygen atoms in total. The van der Waals surface area contributed by atoms with Crippen LogP contribution in [0.2, 0.25) is 5.02 Å². The molecule has 136 valence electrons. The van der Waals surface area contributed by atoms with Gasteiger partial charge in [-0.15, -0.1) is 0 Å². The summed E-state index contributed by atoms with van der Waals surface area (Å²) in [5.41, 5.74) is 0.146. The number of carbonyl (C=O) groups is 1. The molecule has 0 spiro atoms. The molecule has 1 heterocycles. The molecule has 2 atom stereocenters. The number of hydrogen-bond acceptors (Lipinski definition) is 6. The standard InChI is InChI=1S/C16H18ClNO6S/c1-10(8-13(19)14-4-3-7-24-14)18-25(21,22)15-6-5-11(9-12(15)17)16(20)23-2/h3-7,9-10,13,18-19H,8H2,1-2H3/t10-,13+/m0/s1. The highest BCUT2D eigenvalue weighted by Crippen LogP contribution is 2.24. The second kappa shape index (κ2) is 8.01. The molecule has 0 aliphatic carbocycles. The monoisotopic (exact) mass is 387 g/mol. The molecule has 1 aromatic carbocycles.